The molecule has 1 atom stereocenters. The SMILES string of the molecule is CCOc1cccc(CCCCC(N)N(C)c2cc(C(C)C)nc(-n3ccnc3)n2)c1. The molecule has 7 heteroatoms. The Hall–Kier alpha value is -2.93. The standard InChI is InChI=1S/C24H34N6O/c1-5-31-20-11-8-10-19(15-20)9-6-7-12-22(25)29(4)23-16-21(18(2)3)27-24(28-23)30-14-13-26-17-30/h8,10-11,13-18,22H,5-7,9,12,25H2,1-4H3. The van der Waals surface area contributed by atoms with Crippen molar-refractivity contribution in [1.29, 1.82) is 0 Å². The number of rotatable bonds is 11. The second kappa shape index (κ2) is 10.9. The van der Waals surface area contributed by atoms with Crippen LogP contribution in [0.3, 0.4) is 0 Å². The number of aromatic nitrogens is 4. The van der Waals surface area contributed by atoms with Crippen molar-refractivity contribution in [2.24, 2.45) is 5.73 Å². The maximum absolute atomic E-state index is 6.51. The number of benzene rings is 1. The molecule has 2 N–H and O–H groups in total. The molecule has 3 rings (SSSR count). The van der Waals surface area contributed by atoms with E-state index in [0.29, 0.717) is 18.5 Å². The molecule has 1 unspecified atom stereocenters. The number of aryl methyl sites for hydroxylation is 1. The van der Waals surface area contributed by atoms with Crippen molar-refractivity contribution >= 4 is 5.82 Å². The summed E-state index contributed by atoms with van der Waals surface area (Å²) >= 11 is 0. The summed E-state index contributed by atoms with van der Waals surface area (Å²) in [6.45, 7) is 6.95. The van der Waals surface area contributed by atoms with Crippen LogP contribution >= 0.6 is 0 Å². The molecule has 0 aliphatic rings. The Bertz CT molecular complexity index is 941. The molecule has 0 radical (unpaired) electrons. The summed E-state index contributed by atoms with van der Waals surface area (Å²) in [5.74, 6) is 2.68. The van der Waals surface area contributed by atoms with E-state index in [2.05, 4.69) is 42.0 Å². The first kappa shape index (κ1) is 22.7. The molecule has 3 aromatic rings. The number of unbranched alkanes of at least 4 members (excludes halogenated alkanes) is 1. The first-order valence-electron chi connectivity index (χ1n) is 11.1. The average Bonchev–Trinajstić information content (AvgIpc) is 3.31. The molecule has 166 valence electrons. The summed E-state index contributed by atoms with van der Waals surface area (Å²) in [6.07, 6.45) is 9.22. The molecule has 0 bridgehead atoms. The van der Waals surface area contributed by atoms with E-state index < -0.39 is 0 Å². The van der Waals surface area contributed by atoms with Gasteiger partial charge in [-0.05, 0) is 56.2 Å². The number of nitrogens with two attached hydrogens (primary N) is 1. The first-order valence-corrected chi connectivity index (χ1v) is 11.1. The molecule has 1 aromatic carbocycles. The fraction of sp³-hybridized carbons (Fsp3) is 0.458. The fourth-order valence-corrected chi connectivity index (χ4v) is 3.41. The quantitative estimate of drug-likeness (QED) is 0.366. The maximum Gasteiger partial charge on any atom is 0.237 e. The van der Waals surface area contributed by atoms with Crippen LogP contribution in [0.15, 0.2) is 49.1 Å². The van der Waals surface area contributed by atoms with Crippen LogP contribution in [0.2, 0.25) is 0 Å². The lowest BCUT2D eigenvalue weighted by molar-refractivity contribution is 0.340. The van der Waals surface area contributed by atoms with E-state index in [4.69, 9.17) is 15.5 Å². The van der Waals surface area contributed by atoms with Crippen molar-refractivity contribution < 1.29 is 4.74 Å². The first-order chi connectivity index (χ1) is 15.0. The van der Waals surface area contributed by atoms with Crippen molar-refractivity contribution in [3.05, 3.63) is 60.3 Å². The van der Waals surface area contributed by atoms with Crippen LogP contribution in [0, 0.1) is 0 Å². The van der Waals surface area contributed by atoms with E-state index in [-0.39, 0.29) is 6.17 Å². The predicted octanol–water partition coefficient (Wildman–Crippen LogP) is 4.32. The van der Waals surface area contributed by atoms with E-state index in [1.54, 1.807) is 12.5 Å². The van der Waals surface area contributed by atoms with Crippen LogP contribution in [0.1, 0.15) is 57.2 Å². The third-order valence-electron chi connectivity index (χ3n) is 5.33. The number of hydrogen-bond donors (Lipinski definition) is 1. The normalized spacial score (nSPS) is 12.2. The van der Waals surface area contributed by atoms with Gasteiger partial charge in [0, 0.05) is 25.5 Å². The van der Waals surface area contributed by atoms with Crippen molar-refractivity contribution in [2.45, 2.75) is 58.5 Å². The zero-order chi connectivity index (χ0) is 22.2. The van der Waals surface area contributed by atoms with Gasteiger partial charge in [-0.25, -0.2) is 9.97 Å². The van der Waals surface area contributed by atoms with Crippen LogP contribution in [0.4, 0.5) is 5.82 Å². The van der Waals surface area contributed by atoms with Gasteiger partial charge in [-0.2, -0.15) is 4.98 Å². The van der Waals surface area contributed by atoms with Crippen LogP contribution < -0.4 is 15.4 Å². The second-order valence-corrected chi connectivity index (χ2v) is 8.08. The van der Waals surface area contributed by atoms with Gasteiger partial charge in [0.1, 0.15) is 17.9 Å². The predicted molar refractivity (Wildman–Crippen MR) is 125 cm³/mol. The van der Waals surface area contributed by atoms with Crippen LogP contribution in [0.25, 0.3) is 5.95 Å². The highest BCUT2D eigenvalue weighted by atomic mass is 16.5. The zero-order valence-electron chi connectivity index (χ0n) is 19.0. The summed E-state index contributed by atoms with van der Waals surface area (Å²) in [4.78, 5) is 15.6. The summed E-state index contributed by atoms with van der Waals surface area (Å²) in [5.41, 5.74) is 8.80. The Morgan fingerprint density at radius 3 is 2.71 bits per heavy atom. The number of ether oxygens (including phenoxy) is 1. The Labute approximate surface area is 185 Å². The van der Waals surface area contributed by atoms with Gasteiger partial charge < -0.3 is 15.4 Å². The van der Waals surface area contributed by atoms with Gasteiger partial charge in [-0.3, -0.25) is 4.57 Å². The van der Waals surface area contributed by atoms with E-state index in [0.717, 1.165) is 42.9 Å². The van der Waals surface area contributed by atoms with E-state index in [1.807, 2.05) is 41.8 Å². The minimum absolute atomic E-state index is 0.111. The topological polar surface area (TPSA) is 82.1 Å². The van der Waals surface area contributed by atoms with Crippen molar-refractivity contribution in [3.8, 4) is 11.7 Å². The van der Waals surface area contributed by atoms with Gasteiger partial charge in [0.15, 0.2) is 0 Å². The number of anilines is 1. The Morgan fingerprint density at radius 1 is 1.16 bits per heavy atom. The third-order valence-corrected chi connectivity index (χ3v) is 5.33. The second-order valence-electron chi connectivity index (χ2n) is 8.08. The van der Waals surface area contributed by atoms with Crippen molar-refractivity contribution in [1.82, 2.24) is 19.5 Å². The number of nitrogens with zero attached hydrogens (tertiary/aromatic N) is 5. The molecule has 0 saturated heterocycles. The molecule has 2 heterocycles. The Kier molecular flexibility index (Phi) is 8.00. The molecule has 31 heavy (non-hydrogen) atoms. The van der Waals surface area contributed by atoms with Gasteiger partial charge in [0.2, 0.25) is 5.95 Å². The maximum atomic E-state index is 6.51. The highest BCUT2D eigenvalue weighted by Gasteiger charge is 2.16. The third kappa shape index (κ3) is 6.28. The lowest BCUT2D eigenvalue weighted by Crippen LogP contribution is -2.40. The molecule has 7 nitrogen and oxygen atoms in total. The lowest BCUT2D eigenvalue weighted by Gasteiger charge is -2.26. The summed E-state index contributed by atoms with van der Waals surface area (Å²) in [6, 6.07) is 10.4. The highest BCUT2D eigenvalue weighted by Crippen LogP contribution is 2.21. The van der Waals surface area contributed by atoms with Gasteiger partial charge in [-0.15, -0.1) is 0 Å². The van der Waals surface area contributed by atoms with Crippen LogP contribution in [0.5, 0.6) is 5.75 Å². The zero-order valence-corrected chi connectivity index (χ0v) is 19.0. The minimum Gasteiger partial charge on any atom is -0.494 e. The van der Waals surface area contributed by atoms with E-state index >= 15 is 0 Å². The summed E-state index contributed by atoms with van der Waals surface area (Å²) in [5, 5.41) is 0. The van der Waals surface area contributed by atoms with Gasteiger partial charge in [0.25, 0.3) is 0 Å². The Morgan fingerprint density at radius 2 is 2.00 bits per heavy atom. The fourth-order valence-electron chi connectivity index (χ4n) is 3.41. The largest absolute Gasteiger partial charge is 0.494 e. The highest BCUT2D eigenvalue weighted by molar-refractivity contribution is 5.43. The number of imidazole rings is 1. The van der Waals surface area contributed by atoms with Crippen LogP contribution in [-0.2, 0) is 6.42 Å². The lowest BCUT2D eigenvalue weighted by atomic mass is 10.1. The summed E-state index contributed by atoms with van der Waals surface area (Å²) in [7, 11) is 2.00. The molecule has 0 saturated carbocycles. The molecule has 0 aliphatic heterocycles. The molecule has 0 spiro atoms. The van der Waals surface area contributed by atoms with Crippen LogP contribution in [-0.4, -0.2) is 39.3 Å². The number of hydrogen-bond acceptors (Lipinski definition) is 6. The van der Waals surface area contributed by atoms with Gasteiger partial charge in [-0.1, -0.05) is 26.0 Å². The van der Waals surface area contributed by atoms with Gasteiger partial charge >= 0.3 is 0 Å². The monoisotopic (exact) mass is 422 g/mol. The molecular weight excluding hydrogens is 388 g/mol. The molecular formula is C24H34N6O. The van der Waals surface area contributed by atoms with Gasteiger partial charge in [0.05, 0.1) is 18.5 Å². The molecule has 2 aromatic heterocycles. The molecule has 0 fully saturated rings. The minimum atomic E-state index is -0.111. The Balaban J connectivity index is 1.59. The molecule has 0 aliphatic carbocycles. The average molecular weight is 423 g/mol. The smallest absolute Gasteiger partial charge is 0.237 e. The van der Waals surface area contributed by atoms with Crippen molar-refractivity contribution in [2.75, 3.05) is 18.6 Å². The van der Waals surface area contributed by atoms with E-state index in [9.17, 15) is 0 Å². The summed E-state index contributed by atoms with van der Waals surface area (Å²) < 4.78 is 7.41. The van der Waals surface area contributed by atoms with E-state index in [1.165, 1.54) is 5.56 Å². The molecule has 0 amide bonds. The van der Waals surface area contributed by atoms with Crippen molar-refractivity contribution in [3.63, 3.8) is 0 Å².